The molecule has 3 amide bonds. The third kappa shape index (κ3) is 9.40. The molecule has 1 saturated heterocycles. The summed E-state index contributed by atoms with van der Waals surface area (Å²) in [5.41, 5.74) is 8.67. The van der Waals surface area contributed by atoms with E-state index in [-0.39, 0.29) is 35.3 Å². The van der Waals surface area contributed by atoms with Crippen molar-refractivity contribution in [2.75, 3.05) is 46.8 Å². The van der Waals surface area contributed by atoms with Gasteiger partial charge < -0.3 is 45.5 Å². The van der Waals surface area contributed by atoms with Crippen LogP contribution in [0.4, 0.5) is 33.5 Å². The van der Waals surface area contributed by atoms with Crippen LogP contribution in [-0.2, 0) is 4.74 Å². The van der Waals surface area contributed by atoms with Crippen molar-refractivity contribution in [3.63, 3.8) is 0 Å². The second-order valence-corrected chi connectivity index (χ2v) is 16.9. The number of hydrogen-bond donors (Lipinski definition) is 4. The Morgan fingerprint density at radius 2 is 1.59 bits per heavy atom. The molecule has 0 saturated carbocycles. The van der Waals surface area contributed by atoms with E-state index >= 15 is 0 Å². The molecule has 8 heterocycles. The second kappa shape index (κ2) is 18.2. The van der Waals surface area contributed by atoms with Gasteiger partial charge >= 0.3 is 6.09 Å². The van der Waals surface area contributed by atoms with E-state index in [1.165, 1.54) is 23.5 Å². The number of amides is 3. The van der Waals surface area contributed by atoms with Crippen molar-refractivity contribution in [3.8, 4) is 39.8 Å². The van der Waals surface area contributed by atoms with Crippen LogP contribution in [0.3, 0.4) is 0 Å². The lowest BCUT2D eigenvalue weighted by atomic mass is 10.1. The Labute approximate surface area is 380 Å². The van der Waals surface area contributed by atoms with Crippen LogP contribution in [0.25, 0.3) is 22.5 Å². The molecule has 19 heteroatoms. The largest absolute Gasteiger partial charge is 0.493 e. The fourth-order valence-electron chi connectivity index (χ4n) is 7.88. The molecule has 2 aromatic carbocycles. The molecular formula is C47H48N12O7. The number of aromatic nitrogens is 6. The third-order valence-electron chi connectivity index (χ3n) is 11.1. The number of fused-ring (bicyclic) bond motifs is 8. The first-order valence-corrected chi connectivity index (χ1v) is 21.5. The van der Waals surface area contributed by atoms with Gasteiger partial charge in [0.05, 0.1) is 60.7 Å². The minimum absolute atomic E-state index is 0.0237. The highest BCUT2D eigenvalue weighted by Crippen LogP contribution is 2.35. The summed E-state index contributed by atoms with van der Waals surface area (Å²) in [6.07, 6.45) is 9.03. The minimum Gasteiger partial charge on any atom is -0.493 e. The minimum atomic E-state index is -0.743. The van der Waals surface area contributed by atoms with Gasteiger partial charge in [0.2, 0.25) is 0 Å². The predicted molar refractivity (Wildman–Crippen MR) is 245 cm³/mol. The van der Waals surface area contributed by atoms with Gasteiger partial charge in [-0.1, -0.05) is 24.3 Å². The summed E-state index contributed by atoms with van der Waals surface area (Å²) in [7, 11) is 1.85. The number of hydrogen-bond acceptors (Lipinski definition) is 16. The molecule has 8 bridgehead atoms. The van der Waals surface area contributed by atoms with Crippen LogP contribution in [0.2, 0.25) is 0 Å². The highest BCUT2D eigenvalue weighted by Gasteiger charge is 2.37. The average molecular weight is 893 g/mol. The first-order valence-electron chi connectivity index (χ1n) is 21.5. The Hall–Kier alpha value is -8.09. The number of nitrogens with one attached hydrogen (secondary N) is 3. The summed E-state index contributed by atoms with van der Waals surface area (Å²) < 4.78 is 25.1. The Kier molecular flexibility index (Phi) is 11.9. The topological polar surface area (TPSA) is 234 Å². The number of pyridine rings is 2. The lowest BCUT2D eigenvalue weighted by molar-refractivity contribution is -0.0570. The van der Waals surface area contributed by atoms with E-state index in [0.29, 0.717) is 83.4 Å². The average Bonchev–Trinajstić information content (AvgIpc) is 3.30. The summed E-state index contributed by atoms with van der Waals surface area (Å²) >= 11 is 0. The molecule has 3 unspecified atom stereocenters. The maximum atomic E-state index is 14.7. The monoisotopic (exact) mass is 892 g/mol. The first-order chi connectivity index (χ1) is 31.9. The van der Waals surface area contributed by atoms with Gasteiger partial charge in [-0.05, 0) is 70.4 Å². The molecule has 4 aliphatic rings. The predicted octanol–water partition coefficient (Wildman–Crippen LogP) is 7.02. The summed E-state index contributed by atoms with van der Waals surface area (Å²) in [4.78, 5) is 72.8. The molecule has 0 aliphatic carbocycles. The molecule has 5 N–H and O–H groups in total. The normalized spacial score (nSPS) is 18.5. The van der Waals surface area contributed by atoms with Gasteiger partial charge in [-0.25, -0.2) is 24.7 Å². The Morgan fingerprint density at radius 1 is 0.833 bits per heavy atom. The lowest BCUT2D eigenvalue weighted by Gasteiger charge is -2.39. The maximum Gasteiger partial charge on any atom is 0.413 e. The van der Waals surface area contributed by atoms with Crippen LogP contribution in [0.15, 0.2) is 97.8 Å². The van der Waals surface area contributed by atoms with Gasteiger partial charge in [0.15, 0.2) is 29.3 Å². The molecule has 3 atom stereocenters. The number of ether oxygens (including phenoxy) is 4. The van der Waals surface area contributed by atoms with Crippen LogP contribution in [-0.4, -0.2) is 97.0 Å². The number of carbonyl (C=O) groups is 3. The van der Waals surface area contributed by atoms with Crippen molar-refractivity contribution in [1.82, 2.24) is 34.8 Å². The van der Waals surface area contributed by atoms with Gasteiger partial charge in [-0.15, -0.1) is 0 Å². The molecule has 0 spiro atoms. The molecule has 4 aliphatic heterocycles. The molecule has 1 fully saturated rings. The third-order valence-corrected chi connectivity index (χ3v) is 11.1. The Morgan fingerprint density at radius 3 is 2.44 bits per heavy atom. The highest BCUT2D eigenvalue weighted by molar-refractivity contribution is 6.08. The van der Waals surface area contributed by atoms with E-state index < -0.39 is 42.0 Å². The maximum absolute atomic E-state index is 14.7. The highest BCUT2D eigenvalue weighted by atomic mass is 16.6. The fourth-order valence-corrected chi connectivity index (χ4v) is 7.88. The summed E-state index contributed by atoms with van der Waals surface area (Å²) in [5.74, 6) is 0.315. The van der Waals surface area contributed by atoms with Crippen LogP contribution in [0, 0.1) is 0 Å². The molecule has 338 valence electrons. The zero-order valence-corrected chi connectivity index (χ0v) is 36.7. The molecule has 6 aromatic rings. The van der Waals surface area contributed by atoms with Crippen molar-refractivity contribution in [2.24, 2.45) is 0 Å². The quantitative estimate of drug-likeness (QED) is 0.137. The summed E-state index contributed by atoms with van der Waals surface area (Å²) in [5, 5.41) is 9.40. The molecule has 10 rings (SSSR count). The Bertz CT molecular complexity index is 2800. The van der Waals surface area contributed by atoms with E-state index in [2.05, 4.69) is 35.9 Å². The van der Waals surface area contributed by atoms with Crippen molar-refractivity contribution in [1.29, 1.82) is 0 Å². The van der Waals surface area contributed by atoms with Gasteiger partial charge in [-0.3, -0.25) is 24.5 Å². The molecule has 66 heavy (non-hydrogen) atoms. The second-order valence-electron chi connectivity index (χ2n) is 16.9. The van der Waals surface area contributed by atoms with E-state index in [0.717, 1.165) is 0 Å². The van der Waals surface area contributed by atoms with Crippen LogP contribution >= 0.6 is 0 Å². The number of para-hydroxylation sites is 1. The van der Waals surface area contributed by atoms with Gasteiger partial charge in [-0.2, -0.15) is 0 Å². The zero-order valence-electron chi connectivity index (χ0n) is 36.7. The van der Waals surface area contributed by atoms with Crippen molar-refractivity contribution < 1.29 is 33.3 Å². The first kappa shape index (κ1) is 43.2. The number of anilines is 5. The van der Waals surface area contributed by atoms with Crippen molar-refractivity contribution >= 4 is 46.6 Å². The summed E-state index contributed by atoms with van der Waals surface area (Å²) in [6, 6.07) is 18.0. The molecule has 0 radical (unpaired) electrons. The smallest absolute Gasteiger partial charge is 0.413 e. The summed E-state index contributed by atoms with van der Waals surface area (Å²) in [6.45, 7) is 5.89. The number of nitrogens with two attached hydrogens (primary N) is 1. The van der Waals surface area contributed by atoms with Gasteiger partial charge in [0.25, 0.3) is 11.8 Å². The van der Waals surface area contributed by atoms with E-state index in [4.69, 9.17) is 34.6 Å². The van der Waals surface area contributed by atoms with E-state index in [1.54, 1.807) is 42.9 Å². The van der Waals surface area contributed by atoms with Crippen molar-refractivity contribution in [3.05, 3.63) is 109 Å². The molecule has 19 nitrogen and oxygen atoms in total. The fraction of sp³-hybridized carbons (Fsp3) is 0.298. The molecular weight excluding hydrogens is 845 g/mol. The Balaban J connectivity index is 1.09. The van der Waals surface area contributed by atoms with Crippen LogP contribution in [0.1, 0.15) is 67.4 Å². The lowest BCUT2D eigenvalue weighted by Crippen LogP contribution is -2.53. The number of nitrogens with zero attached hydrogens (tertiary/aromatic N) is 8. The number of benzene rings is 2. The SMILES string of the molecule is CN1c2ccncc2NC(=O)c2nc(cnc2N)-c2ccccc2OCCCC1Nc1ncc2nc1C(=O)Nc1cnccc1OC1CCC(Oc3cccc-2c3)N(C(=O)OC(C)(C)C)C1. The zero-order chi connectivity index (χ0) is 46.0. The number of nitrogen functional groups attached to an aromatic ring is 1. The van der Waals surface area contributed by atoms with Gasteiger partial charge in [0.1, 0.15) is 40.8 Å². The number of rotatable bonds is 2. The van der Waals surface area contributed by atoms with Gasteiger partial charge in [0, 0.05) is 43.1 Å². The van der Waals surface area contributed by atoms with Crippen LogP contribution in [0.5, 0.6) is 17.2 Å². The van der Waals surface area contributed by atoms with Crippen LogP contribution < -0.4 is 40.8 Å². The molecule has 4 aromatic heterocycles. The van der Waals surface area contributed by atoms with E-state index in [1.807, 2.05) is 69.1 Å². The van der Waals surface area contributed by atoms with Crippen molar-refractivity contribution in [2.45, 2.75) is 70.6 Å². The standard InChI is InChI=1S/C47H48N12O7/c1-47(2,3)66-46(62)59-26-29-14-15-39(59)65-28-10-7-9-27(21-28)31-24-52-43(41(53-31)45(61)56-34-23-50-19-17-37(34)64-29)57-38-13-8-20-63-36-12-6-5-11-30(36)32-25-51-42(48)40(54-32)44(60)55-33-22-49-18-16-35(33)58(38)4/h5-7,9-12,16-19,21-25,29,38-39H,8,13-15,20,26H2,1-4H3,(H2,48,51)(H,52,57)(H,55,60)(H,56,61). The number of piperidine rings is 1. The number of carbonyl (C=O) groups excluding carboxylic acids is 3. The van der Waals surface area contributed by atoms with E-state index in [9.17, 15) is 14.4 Å².